The summed E-state index contributed by atoms with van der Waals surface area (Å²) >= 11 is 0. The molecule has 2 N–H and O–H groups in total. The van der Waals surface area contributed by atoms with Crippen LogP contribution in [0.3, 0.4) is 0 Å². The molecule has 1 heterocycles. The van der Waals surface area contributed by atoms with Crippen molar-refractivity contribution in [1.29, 1.82) is 0 Å². The summed E-state index contributed by atoms with van der Waals surface area (Å²) in [5, 5.41) is 6.02. The molecule has 0 spiro atoms. The molecule has 7 heteroatoms. The number of carbonyl (C=O) groups is 2. The Bertz CT molecular complexity index is 516. The van der Waals surface area contributed by atoms with Crippen LogP contribution in [0.5, 0.6) is 0 Å². The maximum atomic E-state index is 12.1. The summed E-state index contributed by atoms with van der Waals surface area (Å²) in [6.45, 7) is 4.01. The molecule has 1 aromatic rings. The van der Waals surface area contributed by atoms with Gasteiger partial charge in [0.15, 0.2) is 0 Å². The maximum Gasteiger partial charge on any atom is 0.243 e. The van der Waals surface area contributed by atoms with Crippen LogP contribution in [0.25, 0.3) is 0 Å². The highest BCUT2D eigenvalue weighted by molar-refractivity contribution is 5.94. The van der Waals surface area contributed by atoms with Gasteiger partial charge in [0, 0.05) is 31.7 Å². The van der Waals surface area contributed by atoms with E-state index < -0.39 is 0 Å². The van der Waals surface area contributed by atoms with Crippen molar-refractivity contribution in [3.8, 4) is 0 Å². The summed E-state index contributed by atoms with van der Waals surface area (Å²) in [7, 11) is 1.64. The molecule has 1 fully saturated rings. The number of nitrogens with zero attached hydrogens (tertiary/aromatic N) is 1. The second-order valence-electron chi connectivity index (χ2n) is 5.59. The topological polar surface area (TPSA) is 70.7 Å². The van der Waals surface area contributed by atoms with Crippen molar-refractivity contribution in [1.82, 2.24) is 10.2 Å². The Balaban J connectivity index is 0.00000264. The van der Waals surface area contributed by atoms with E-state index in [1.807, 2.05) is 31.2 Å². The van der Waals surface area contributed by atoms with Gasteiger partial charge in [0.1, 0.15) is 0 Å². The van der Waals surface area contributed by atoms with Gasteiger partial charge in [0.05, 0.1) is 19.8 Å². The van der Waals surface area contributed by atoms with Crippen molar-refractivity contribution < 1.29 is 14.3 Å². The third kappa shape index (κ3) is 6.56. The fourth-order valence-electron chi connectivity index (χ4n) is 2.26. The van der Waals surface area contributed by atoms with Crippen molar-refractivity contribution in [2.75, 3.05) is 38.7 Å². The van der Waals surface area contributed by atoms with Crippen LogP contribution < -0.4 is 10.6 Å². The van der Waals surface area contributed by atoms with Crippen LogP contribution in [0.2, 0.25) is 0 Å². The van der Waals surface area contributed by atoms with Gasteiger partial charge in [-0.25, -0.2) is 0 Å². The zero-order valence-electron chi connectivity index (χ0n) is 13.5. The second kappa shape index (κ2) is 9.50. The van der Waals surface area contributed by atoms with Crippen LogP contribution in [0, 0.1) is 6.92 Å². The number of nitrogens with one attached hydrogen (secondary N) is 2. The van der Waals surface area contributed by atoms with Crippen molar-refractivity contribution in [2.45, 2.75) is 19.4 Å². The van der Waals surface area contributed by atoms with Crippen molar-refractivity contribution in [2.24, 2.45) is 0 Å². The number of likely N-dealkylation sites (N-methyl/N-ethyl adjacent to an activating group) is 1. The first-order valence-corrected chi connectivity index (χ1v) is 7.46. The van der Waals surface area contributed by atoms with E-state index in [0.29, 0.717) is 19.6 Å². The number of hydrogen-bond acceptors (Lipinski definition) is 4. The lowest BCUT2D eigenvalue weighted by molar-refractivity contribution is -0.134. The van der Waals surface area contributed by atoms with E-state index in [-0.39, 0.29) is 36.8 Å². The van der Waals surface area contributed by atoms with E-state index in [2.05, 4.69) is 10.6 Å². The molecular formula is C16H24ClN3O3. The number of amides is 2. The highest BCUT2D eigenvalue weighted by Gasteiger charge is 2.20. The Morgan fingerprint density at radius 1 is 1.35 bits per heavy atom. The molecule has 1 unspecified atom stereocenters. The number of rotatable bonds is 5. The molecule has 0 bridgehead atoms. The van der Waals surface area contributed by atoms with Crippen LogP contribution in [0.1, 0.15) is 12.0 Å². The average Bonchev–Trinajstić information content (AvgIpc) is 2.50. The van der Waals surface area contributed by atoms with E-state index in [1.165, 1.54) is 4.90 Å². The Morgan fingerprint density at radius 2 is 2.04 bits per heavy atom. The number of carbonyl (C=O) groups excluding carboxylic acids is 2. The minimum Gasteiger partial charge on any atom is -0.378 e. The monoisotopic (exact) mass is 341 g/mol. The summed E-state index contributed by atoms with van der Waals surface area (Å²) in [5.41, 5.74) is 1.87. The fourth-order valence-corrected chi connectivity index (χ4v) is 2.26. The van der Waals surface area contributed by atoms with E-state index in [4.69, 9.17) is 4.74 Å². The third-order valence-electron chi connectivity index (χ3n) is 3.56. The number of morpholine rings is 1. The minimum atomic E-state index is -0.201. The highest BCUT2D eigenvalue weighted by atomic mass is 35.5. The molecular weight excluding hydrogens is 318 g/mol. The van der Waals surface area contributed by atoms with E-state index >= 15 is 0 Å². The van der Waals surface area contributed by atoms with E-state index in [0.717, 1.165) is 17.8 Å². The predicted octanol–water partition coefficient (Wildman–Crippen LogP) is 1.19. The highest BCUT2D eigenvalue weighted by Crippen LogP contribution is 2.08. The Labute approximate surface area is 143 Å². The molecule has 1 saturated heterocycles. The summed E-state index contributed by atoms with van der Waals surface area (Å²) in [5.74, 6) is -0.269. The van der Waals surface area contributed by atoms with Gasteiger partial charge < -0.3 is 20.3 Å². The van der Waals surface area contributed by atoms with Gasteiger partial charge in [-0.15, -0.1) is 12.4 Å². The van der Waals surface area contributed by atoms with E-state index in [9.17, 15) is 9.59 Å². The zero-order chi connectivity index (χ0) is 15.9. The number of aryl methyl sites for hydroxylation is 1. The summed E-state index contributed by atoms with van der Waals surface area (Å²) in [6.07, 6.45) is 0.342. The van der Waals surface area contributed by atoms with Gasteiger partial charge in [-0.3, -0.25) is 9.59 Å². The molecule has 2 amide bonds. The zero-order valence-corrected chi connectivity index (χ0v) is 14.3. The molecule has 0 saturated carbocycles. The standard InChI is InChI=1S/C16H23N3O3.ClH/c1-12-3-5-13(6-4-12)18-15(20)10-19(2)16(21)9-14-11-22-8-7-17-14;/h3-6,14,17H,7-11H2,1-2H3,(H,18,20);1H. The predicted molar refractivity (Wildman–Crippen MR) is 91.9 cm³/mol. The molecule has 0 aliphatic carbocycles. The van der Waals surface area contributed by atoms with Gasteiger partial charge in [0.2, 0.25) is 11.8 Å². The lowest BCUT2D eigenvalue weighted by Crippen LogP contribution is -2.45. The Kier molecular flexibility index (Phi) is 8.02. The van der Waals surface area contributed by atoms with Gasteiger partial charge in [-0.05, 0) is 19.1 Å². The number of ether oxygens (including phenoxy) is 1. The van der Waals surface area contributed by atoms with Crippen LogP contribution in [-0.4, -0.2) is 56.1 Å². The molecule has 2 rings (SSSR count). The average molecular weight is 342 g/mol. The second-order valence-corrected chi connectivity index (χ2v) is 5.59. The first-order valence-electron chi connectivity index (χ1n) is 7.46. The Hall–Kier alpha value is -1.63. The maximum absolute atomic E-state index is 12.1. The molecule has 0 aromatic heterocycles. The lowest BCUT2D eigenvalue weighted by atomic mass is 10.2. The van der Waals surface area contributed by atoms with Gasteiger partial charge in [-0.1, -0.05) is 17.7 Å². The van der Waals surface area contributed by atoms with E-state index in [1.54, 1.807) is 7.05 Å². The smallest absolute Gasteiger partial charge is 0.243 e. The lowest BCUT2D eigenvalue weighted by Gasteiger charge is -2.25. The van der Waals surface area contributed by atoms with Crippen LogP contribution in [0.15, 0.2) is 24.3 Å². The van der Waals surface area contributed by atoms with Crippen molar-refractivity contribution in [3.63, 3.8) is 0 Å². The minimum absolute atomic E-state index is 0. The third-order valence-corrected chi connectivity index (χ3v) is 3.56. The van der Waals surface area contributed by atoms with Crippen molar-refractivity contribution >= 4 is 29.9 Å². The van der Waals surface area contributed by atoms with Crippen LogP contribution in [0.4, 0.5) is 5.69 Å². The first kappa shape index (κ1) is 19.4. The summed E-state index contributed by atoms with van der Waals surface area (Å²) in [6, 6.07) is 7.58. The summed E-state index contributed by atoms with van der Waals surface area (Å²) in [4.78, 5) is 25.5. The molecule has 1 aliphatic heterocycles. The van der Waals surface area contributed by atoms with Gasteiger partial charge >= 0.3 is 0 Å². The Morgan fingerprint density at radius 3 is 2.65 bits per heavy atom. The number of halogens is 1. The molecule has 0 radical (unpaired) electrons. The van der Waals surface area contributed by atoms with Gasteiger partial charge in [-0.2, -0.15) is 0 Å². The first-order chi connectivity index (χ1) is 10.5. The van der Waals surface area contributed by atoms with Crippen LogP contribution in [-0.2, 0) is 14.3 Å². The normalized spacial score (nSPS) is 17.0. The van der Waals surface area contributed by atoms with Crippen LogP contribution >= 0.6 is 12.4 Å². The SMILES string of the molecule is Cc1ccc(NC(=O)CN(C)C(=O)CC2COCCN2)cc1.Cl. The molecule has 1 aromatic carbocycles. The molecule has 1 atom stereocenters. The molecule has 23 heavy (non-hydrogen) atoms. The molecule has 128 valence electrons. The number of anilines is 1. The fraction of sp³-hybridized carbons (Fsp3) is 0.500. The number of hydrogen-bond donors (Lipinski definition) is 2. The quantitative estimate of drug-likeness (QED) is 0.844. The molecule has 1 aliphatic rings. The molecule has 6 nitrogen and oxygen atoms in total. The summed E-state index contributed by atoms with van der Waals surface area (Å²) < 4.78 is 5.32. The van der Waals surface area contributed by atoms with Gasteiger partial charge in [0.25, 0.3) is 0 Å². The largest absolute Gasteiger partial charge is 0.378 e. The number of benzene rings is 1. The van der Waals surface area contributed by atoms with Crippen molar-refractivity contribution in [3.05, 3.63) is 29.8 Å².